The number of ether oxygens (including phenoxy) is 1. The Kier molecular flexibility index (Phi) is 3.91. The summed E-state index contributed by atoms with van der Waals surface area (Å²) in [5, 5.41) is 8.65. The summed E-state index contributed by atoms with van der Waals surface area (Å²) in [6, 6.07) is 6.17. The highest BCUT2D eigenvalue weighted by molar-refractivity contribution is 6.33. The maximum atomic E-state index is 12.9. The molecule has 0 saturated heterocycles. The molecule has 2 rings (SSSR count). The molecule has 0 atom stereocenters. The predicted molar refractivity (Wildman–Crippen MR) is 69.9 cm³/mol. The molecule has 0 aliphatic rings. The smallest absolute Gasteiger partial charge is 0.420 e. The van der Waals surface area contributed by atoms with Gasteiger partial charge in [-0.05, 0) is 24.3 Å². The number of hydrogen-bond donors (Lipinski definition) is 1. The van der Waals surface area contributed by atoms with Gasteiger partial charge in [0.25, 0.3) is 0 Å². The second-order valence-corrected chi connectivity index (χ2v) is 4.32. The molecule has 8 heteroatoms. The molecule has 0 saturated carbocycles. The van der Waals surface area contributed by atoms with Gasteiger partial charge in [-0.15, -0.1) is 0 Å². The van der Waals surface area contributed by atoms with Gasteiger partial charge in [0.15, 0.2) is 0 Å². The summed E-state index contributed by atoms with van der Waals surface area (Å²) in [5.74, 6) is -0.785. The van der Waals surface area contributed by atoms with Crippen LogP contribution >= 0.6 is 11.6 Å². The van der Waals surface area contributed by atoms with Crippen LogP contribution in [0.5, 0.6) is 11.6 Å². The number of hydrogen-bond acceptors (Lipinski definition) is 4. The Hall–Kier alpha value is -2.46. The molecule has 2 N–H and O–H groups in total. The molecule has 0 aliphatic heterocycles. The van der Waals surface area contributed by atoms with Crippen molar-refractivity contribution in [3.8, 4) is 17.7 Å². The van der Waals surface area contributed by atoms with Gasteiger partial charge in [-0.25, -0.2) is 4.98 Å². The van der Waals surface area contributed by atoms with E-state index in [1.165, 1.54) is 18.3 Å². The van der Waals surface area contributed by atoms with E-state index in [1.807, 2.05) is 0 Å². The van der Waals surface area contributed by atoms with Gasteiger partial charge in [-0.1, -0.05) is 11.6 Å². The molecule has 108 valence electrons. The Bertz CT molecular complexity index is 726. The SMILES string of the molecule is N#Cc1ccnc(Oc2ccc(N)cc2C(F)(F)F)c1Cl. The summed E-state index contributed by atoms with van der Waals surface area (Å²) < 4.78 is 43.9. The number of nitrogen functional groups attached to an aromatic ring is 1. The number of rotatable bonds is 2. The molecule has 0 amide bonds. The van der Waals surface area contributed by atoms with E-state index in [0.29, 0.717) is 0 Å². The van der Waals surface area contributed by atoms with Crippen LogP contribution in [-0.4, -0.2) is 4.98 Å². The Morgan fingerprint density at radius 2 is 2.00 bits per heavy atom. The van der Waals surface area contributed by atoms with E-state index >= 15 is 0 Å². The van der Waals surface area contributed by atoms with Gasteiger partial charge in [-0.3, -0.25) is 0 Å². The van der Waals surface area contributed by atoms with Gasteiger partial charge in [-0.2, -0.15) is 18.4 Å². The average molecular weight is 314 g/mol. The fourth-order valence-electron chi connectivity index (χ4n) is 1.54. The van der Waals surface area contributed by atoms with Gasteiger partial charge in [0.2, 0.25) is 5.88 Å². The number of nitrogens with zero attached hydrogens (tertiary/aromatic N) is 2. The predicted octanol–water partition coefficient (Wildman–Crippen LogP) is 4.00. The molecule has 4 nitrogen and oxygen atoms in total. The first-order valence-electron chi connectivity index (χ1n) is 5.52. The maximum Gasteiger partial charge on any atom is 0.420 e. The Morgan fingerprint density at radius 1 is 1.29 bits per heavy atom. The summed E-state index contributed by atoms with van der Waals surface area (Å²) in [5.41, 5.74) is 4.29. The van der Waals surface area contributed by atoms with E-state index in [2.05, 4.69) is 4.98 Å². The summed E-state index contributed by atoms with van der Waals surface area (Å²) in [4.78, 5) is 3.72. The molecule has 0 spiro atoms. The fraction of sp³-hybridized carbons (Fsp3) is 0.0769. The zero-order valence-corrected chi connectivity index (χ0v) is 11.0. The Morgan fingerprint density at radius 3 is 2.62 bits per heavy atom. The van der Waals surface area contributed by atoms with Gasteiger partial charge in [0.1, 0.15) is 22.4 Å². The van der Waals surface area contributed by atoms with Crippen LogP contribution in [-0.2, 0) is 6.18 Å². The first-order valence-corrected chi connectivity index (χ1v) is 5.90. The first kappa shape index (κ1) is 14.9. The molecule has 0 aliphatic carbocycles. The van der Waals surface area contributed by atoms with E-state index in [-0.39, 0.29) is 22.2 Å². The minimum Gasteiger partial charge on any atom is -0.437 e. The third kappa shape index (κ3) is 3.17. The second kappa shape index (κ2) is 5.50. The zero-order valence-electron chi connectivity index (χ0n) is 10.3. The molecule has 1 heterocycles. The fourth-order valence-corrected chi connectivity index (χ4v) is 1.74. The van der Waals surface area contributed by atoms with Crippen LogP contribution < -0.4 is 10.5 Å². The van der Waals surface area contributed by atoms with Crippen molar-refractivity contribution in [3.05, 3.63) is 46.6 Å². The molecule has 0 fully saturated rings. The molecule has 1 aromatic heterocycles. The zero-order chi connectivity index (χ0) is 15.6. The first-order chi connectivity index (χ1) is 9.82. The van der Waals surface area contributed by atoms with Crippen molar-refractivity contribution >= 4 is 17.3 Å². The lowest BCUT2D eigenvalue weighted by molar-refractivity contribution is -0.138. The highest BCUT2D eigenvalue weighted by atomic mass is 35.5. The molecule has 0 bridgehead atoms. The lowest BCUT2D eigenvalue weighted by Gasteiger charge is -2.14. The number of nitriles is 1. The van der Waals surface area contributed by atoms with Crippen molar-refractivity contribution in [2.24, 2.45) is 0 Å². The number of aromatic nitrogens is 1. The summed E-state index contributed by atoms with van der Waals surface area (Å²) in [7, 11) is 0. The largest absolute Gasteiger partial charge is 0.437 e. The van der Waals surface area contributed by atoms with E-state index < -0.39 is 17.5 Å². The van der Waals surface area contributed by atoms with Gasteiger partial charge >= 0.3 is 6.18 Å². The van der Waals surface area contributed by atoms with E-state index in [0.717, 1.165) is 12.1 Å². The number of halogens is 4. The highest BCUT2D eigenvalue weighted by Crippen LogP contribution is 2.40. The topological polar surface area (TPSA) is 71.9 Å². The van der Waals surface area contributed by atoms with Crippen molar-refractivity contribution < 1.29 is 17.9 Å². The number of nitrogens with two attached hydrogens (primary N) is 1. The summed E-state index contributed by atoms with van der Waals surface area (Å²) in [6.07, 6.45) is -3.44. The average Bonchev–Trinajstić information content (AvgIpc) is 2.42. The molecule has 0 unspecified atom stereocenters. The second-order valence-electron chi connectivity index (χ2n) is 3.94. The quantitative estimate of drug-likeness (QED) is 0.851. The summed E-state index contributed by atoms with van der Waals surface area (Å²) in [6.45, 7) is 0. The lowest BCUT2D eigenvalue weighted by Crippen LogP contribution is -2.08. The van der Waals surface area contributed by atoms with Crippen LogP contribution in [0.3, 0.4) is 0 Å². The highest BCUT2D eigenvalue weighted by Gasteiger charge is 2.35. The lowest BCUT2D eigenvalue weighted by atomic mass is 10.1. The standard InChI is InChI=1S/C13H7ClF3N3O/c14-11-7(6-18)3-4-20-12(11)21-10-2-1-8(19)5-9(10)13(15,16)17/h1-5H,19H2. The maximum absolute atomic E-state index is 12.9. The Balaban J connectivity index is 2.48. The number of benzene rings is 1. The normalized spacial score (nSPS) is 11.0. The van der Waals surface area contributed by atoms with Crippen LogP contribution in [0, 0.1) is 11.3 Å². The van der Waals surface area contributed by atoms with Crippen LogP contribution in [0.1, 0.15) is 11.1 Å². The Labute approximate surface area is 122 Å². The van der Waals surface area contributed by atoms with Crippen molar-refractivity contribution in [3.63, 3.8) is 0 Å². The van der Waals surface area contributed by atoms with Crippen LogP contribution in [0.4, 0.5) is 18.9 Å². The number of anilines is 1. The van der Waals surface area contributed by atoms with Gasteiger partial charge in [0, 0.05) is 11.9 Å². The van der Waals surface area contributed by atoms with Crippen LogP contribution in [0.15, 0.2) is 30.5 Å². The van der Waals surface area contributed by atoms with E-state index in [1.54, 1.807) is 6.07 Å². The molecular weight excluding hydrogens is 307 g/mol. The van der Waals surface area contributed by atoms with Gasteiger partial charge < -0.3 is 10.5 Å². The third-order valence-electron chi connectivity index (χ3n) is 2.49. The van der Waals surface area contributed by atoms with E-state index in [4.69, 9.17) is 27.3 Å². The van der Waals surface area contributed by atoms with Crippen molar-refractivity contribution in [2.75, 3.05) is 5.73 Å². The molecule has 1 aromatic carbocycles. The third-order valence-corrected chi connectivity index (χ3v) is 2.86. The van der Waals surface area contributed by atoms with Crippen molar-refractivity contribution in [2.45, 2.75) is 6.18 Å². The number of alkyl halides is 3. The van der Waals surface area contributed by atoms with Crippen molar-refractivity contribution in [1.29, 1.82) is 5.26 Å². The molecule has 0 radical (unpaired) electrons. The monoisotopic (exact) mass is 313 g/mol. The number of pyridine rings is 1. The van der Waals surface area contributed by atoms with E-state index in [9.17, 15) is 13.2 Å². The van der Waals surface area contributed by atoms with Gasteiger partial charge in [0.05, 0.1) is 5.56 Å². The van der Waals surface area contributed by atoms with Crippen LogP contribution in [0.2, 0.25) is 5.02 Å². The minimum absolute atomic E-state index is 0.0469. The molecule has 2 aromatic rings. The molecular formula is C13H7ClF3N3O. The van der Waals surface area contributed by atoms with Crippen LogP contribution in [0.25, 0.3) is 0 Å². The molecule has 21 heavy (non-hydrogen) atoms. The minimum atomic E-state index is -4.65. The summed E-state index contributed by atoms with van der Waals surface area (Å²) >= 11 is 5.84. The van der Waals surface area contributed by atoms with Crippen molar-refractivity contribution in [1.82, 2.24) is 4.98 Å².